The number of nitrogens with zero attached hydrogens (tertiary/aromatic N) is 2. The Balaban J connectivity index is 2.04. The Kier molecular flexibility index (Phi) is 5.43. The summed E-state index contributed by atoms with van der Waals surface area (Å²) in [4.78, 5) is 30.4. The van der Waals surface area contributed by atoms with E-state index in [2.05, 4.69) is 5.32 Å². The van der Waals surface area contributed by atoms with Gasteiger partial charge < -0.3 is 15.2 Å². The summed E-state index contributed by atoms with van der Waals surface area (Å²) in [6, 6.07) is 5.63. The molecule has 1 aromatic carbocycles. The van der Waals surface area contributed by atoms with Crippen LogP contribution in [0.4, 0.5) is 15.9 Å². The van der Waals surface area contributed by atoms with Crippen LogP contribution in [0, 0.1) is 5.82 Å². The molecule has 0 spiro atoms. The van der Waals surface area contributed by atoms with Crippen molar-refractivity contribution in [2.45, 2.75) is 6.42 Å². The number of rotatable bonds is 6. The molecule has 0 aliphatic carbocycles. The van der Waals surface area contributed by atoms with Crippen LogP contribution in [0.2, 0.25) is 0 Å². The number of nitrogens with one attached hydrogen (secondary N) is 1. The summed E-state index contributed by atoms with van der Waals surface area (Å²) in [6.07, 6.45) is 0.405. The van der Waals surface area contributed by atoms with Gasteiger partial charge >= 0.3 is 0 Å². The molecule has 0 bridgehead atoms. The monoisotopic (exact) mass is 377 g/mol. The van der Waals surface area contributed by atoms with Gasteiger partial charge in [0.1, 0.15) is 17.4 Å². The number of halogens is 1. The third-order valence-electron chi connectivity index (χ3n) is 4.31. The third-order valence-corrected chi connectivity index (χ3v) is 4.31. The summed E-state index contributed by atoms with van der Waals surface area (Å²) in [5, 5.41) is 12.9. The number of methoxy groups -OCH3 is 1. The number of fused-ring (bicyclic) bond motifs is 1. The lowest BCUT2D eigenvalue weighted by Crippen LogP contribution is -2.40. The predicted octanol–water partition coefficient (Wildman–Crippen LogP) is 1.20. The number of amides is 1. The van der Waals surface area contributed by atoms with E-state index in [1.165, 1.54) is 36.9 Å². The standard InChI is InChI=1S/C18H20FN3O5/c1-21-15(24)9-11-5-6-22(27-8-7-23)18(25)16(11)17(21)20-14-4-3-12(26-2)10-13(14)19/h3-4,9-10,20,23H,5-8H2,1-2H3. The summed E-state index contributed by atoms with van der Waals surface area (Å²) in [6.45, 7) is 0.00409. The molecular formula is C18H20FN3O5. The smallest absolute Gasteiger partial charge is 0.281 e. The van der Waals surface area contributed by atoms with Crippen LogP contribution in [0.25, 0.3) is 0 Å². The van der Waals surface area contributed by atoms with Crippen molar-refractivity contribution in [2.75, 3.05) is 32.2 Å². The molecule has 2 N–H and O–H groups in total. The van der Waals surface area contributed by atoms with Gasteiger partial charge in [-0.1, -0.05) is 0 Å². The Hall–Kier alpha value is -2.91. The fourth-order valence-electron chi connectivity index (χ4n) is 2.90. The first kappa shape index (κ1) is 18.9. The molecule has 3 rings (SSSR count). The maximum absolute atomic E-state index is 14.3. The Morgan fingerprint density at radius 2 is 2.07 bits per heavy atom. The van der Waals surface area contributed by atoms with E-state index in [0.717, 1.165) is 5.06 Å². The molecule has 8 nitrogen and oxygen atoms in total. The largest absolute Gasteiger partial charge is 0.497 e. The number of aromatic nitrogens is 1. The Morgan fingerprint density at radius 1 is 1.30 bits per heavy atom. The van der Waals surface area contributed by atoms with Crippen LogP contribution in [-0.4, -0.2) is 47.5 Å². The van der Waals surface area contributed by atoms with Crippen molar-refractivity contribution in [2.24, 2.45) is 7.05 Å². The molecule has 0 saturated heterocycles. The van der Waals surface area contributed by atoms with E-state index >= 15 is 0 Å². The van der Waals surface area contributed by atoms with Crippen LogP contribution in [0.15, 0.2) is 29.1 Å². The zero-order valence-corrected chi connectivity index (χ0v) is 15.0. The maximum atomic E-state index is 14.3. The van der Waals surface area contributed by atoms with Crippen LogP contribution in [-0.2, 0) is 18.3 Å². The highest BCUT2D eigenvalue weighted by Crippen LogP contribution is 2.29. The maximum Gasteiger partial charge on any atom is 0.281 e. The van der Waals surface area contributed by atoms with Gasteiger partial charge in [0, 0.05) is 19.2 Å². The summed E-state index contributed by atoms with van der Waals surface area (Å²) in [7, 11) is 2.92. The molecule has 0 atom stereocenters. The van der Waals surface area contributed by atoms with Crippen LogP contribution >= 0.6 is 0 Å². The SMILES string of the molecule is COc1ccc(Nc2c3c(cc(=O)n2C)CCN(OCCO)C3=O)c(F)c1. The topological polar surface area (TPSA) is 93.0 Å². The van der Waals surface area contributed by atoms with Gasteiger partial charge in [-0.05, 0) is 24.1 Å². The van der Waals surface area contributed by atoms with Gasteiger partial charge in [-0.15, -0.1) is 0 Å². The fourth-order valence-corrected chi connectivity index (χ4v) is 2.90. The van der Waals surface area contributed by atoms with E-state index in [-0.39, 0.29) is 42.4 Å². The van der Waals surface area contributed by atoms with E-state index in [4.69, 9.17) is 14.7 Å². The number of benzene rings is 1. The summed E-state index contributed by atoms with van der Waals surface area (Å²) < 4.78 is 20.6. The number of pyridine rings is 1. The van der Waals surface area contributed by atoms with Gasteiger partial charge in [-0.2, -0.15) is 0 Å². The molecular weight excluding hydrogens is 357 g/mol. The number of hydrogen-bond donors (Lipinski definition) is 2. The molecule has 0 unspecified atom stereocenters. The first-order valence-electron chi connectivity index (χ1n) is 8.35. The lowest BCUT2D eigenvalue weighted by atomic mass is 10.0. The first-order valence-corrected chi connectivity index (χ1v) is 8.35. The van der Waals surface area contributed by atoms with E-state index in [9.17, 15) is 14.0 Å². The van der Waals surface area contributed by atoms with Crippen LogP contribution in [0.5, 0.6) is 5.75 Å². The summed E-state index contributed by atoms with van der Waals surface area (Å²) in [5.74, 6) is -0.529. The van der Waals surface area contributed by atoms with Gasteiger partial charge in [0.2, 0.25) is 0 Å². The second kappa shape index (κ2) is 7.77. The van der Waals surface area contributed by atoms with Crippen LogP contribution in [0.1, 0.15) is 15.9 Å². The Bertz CT molecular complexity index is 928. The first-order chi connectivity index (χ1) is 13.0. The highest BCUT2D eigenvalue weighted by molar-refractivity contribution is 6.01. The van der Waals surface area contributed by atoms with E-state index in [1.807, 2.05) is 0 Å². The van der Waals surface area contributed by atoms with Crippen molar-refractivity contribution >= 4 is 17.4 Å². The number of hydroxylamine groups is 2. The molecule has 0 radical (unpaired) electrons. The minimum absolute atomic E-state index is 0.0251. The van der Waals surface area contributed by atoms with Gasteiger partial charge in [-0.25, -0.2) is 9.45 Å². The van der Waals surface area contributed by atoms with Crippen molar-refractivity contribution in [3.8, 4) is 5.75 Å². The van der Waals surface area contributed by atoms with E-state index in [0.29, 0.717) is 17.7 Å². The number of ether oxygens (including phenoxy) is 1. The van der Waals surface area contributed by atoms with Crippen molar-refractivity contribution in [3.05, 3.63) is 51.6 Å². The highest BCUT2D eigenvalue weighted by Gasteiger charge is 2.30. The van der Waals surface area contributed by atoms with Gasteiger partial charge in [0.25, 0.3) is 11.5 Å². The molecule has 1 aromatic heterocycles. The van der Waals surface area contributed by atoms with Crippen LogP contribution in [0.3, 0.4) is 0 Å². The lowest BCUT2D eigenvalue weighted by molar-refractivity contribution is -0.132. The number of anilines is 2. The minimum Gasteiger partial charge on any atom is -0.497 e. The molecule has 9 heteroatoms. The molecule has 2 heterocycles. The van der Waals surface area contributed by atoms with Crippen molar-refractivity contribution < 1.29 is 23.9 Å². The van der Waals surface area contributed by atoms with Crippen molar-refractivity contribution in [1.29, 1.82) is 0 Å². The van der Waals surface area contributed by atoms with Gasteiger partial charge in [0.05, 0.1) is 38.1 Å². The highest BCUT2D eigenvalue weighted by atomic mass is 19.1. The molecule has 0 saturated carbocycles. The zero-order valence-electron chi connectivity index (χ0n) is 15.0. The molecule has 1 amide bonds. The molecule has 1 aliphatic heterocycles. The lowest BCUT2D eigenvalue weighted by Gasteiger charge is -2.29. The minimum atomic E-state index is -0.587. The van der Waals surface area contributed by atoms with Crippen LogP contribution < -0.4 is 15.6 Å². The quantitative estimate of drug-likeness (QED) is 0.786. The number of carbonyl (C=O) groups is 1. The Labute approximate surface area is 154 Å². The van der Waals surface area contributed by atoms with Gasteiger partial charge in [0.15, 0.2) is 0 Å². The van der Waals surface area contributed by atoms with Gasteiger partial charge in [-0.3, -0.25) is 19.0 Å². The Morgan fingerprint density at radius 3 is 2.74 bits per heavy atom. The number of hydrogen-bond acceptors (Lipinski definition) is 6. The van der Waals surface area contributed by atoms with Crippen molar-refractivity contribution in [1.82, 2.24) is 9.63 Å². The second-order valence-corrected chi connectivity index (χ2v) is 5.98. The van der Waals surface area contributed by atoms with Crippen molar-refractivity contribution in [3.63, 3.8) is 0 Å². The number of carbonyl (C=O) groups excluding carboxylic acids is 1. The predicted molar refractivity (Wildman–Crippen MR) is 95.7 cm³/mol. The molecule has 1 aliphatic rings. The number of aliphatic hydroxyl groups excluding tert-OH is 1. The molecule has 144 valence electrons. The van der Waals surface area contributed by atoms with E-state index in [1.54, 1.807) is 6.07 Å². The van der Waals surface area contributed by atoms with E-state index < -0.39 is 11.7 Å². The summed E-state index contributed by atoms with van der Waals surface area (Å²) in [5.41, 5.74) is 0.572. The molecule has 27 heavy (non-hydrogen) atoms. The summed E-state index contributed by atoms with van der Waals surface area (Å²) >= 11 is 0. The molecule has 2 aromatic rings. The fraction of sp³-hybridized carbons (Fsp3) is 0.333. The average Bonchev–Trinajstić information content (AvgIpc) is 2.66. The zero-order chi connectivity index (χ0) is 19.6. The number of aliphatic hydroxyl groups is 1. The average molecular weight is 377 g/mol. The second-order valence-electron chi connectivity index (χ2n) is 5.98. The third kappa shape index (κ3) is 3.64. The molecule has 0 fully saturated rings. The normalized spacial score (nSPS) is 13.5.